The number of nitrogens with one attached hydrogen (secondary N) is 1. The fourth-order valence-electron chi connectivity index (χ4n) is 2.27. The summed E-state index contributed by atoms with van der Waals surface area (Å²) in [6.07, 6.45) is -0.0191. The number of sulfonamides is 1. The van der Waals surface area contributed by atoms with Gasteiger partial charge in [0.15, 0.2) is 0 Å². The second-order valence-electron chi connectivity index (χ2n) is 5.19. The van der Waals surface area contributed by atoms with Crippen molar-refractivity contribution in [2.45, 2.75) is 30.9 Å². The Hall–Kier alpha value is -1.44. The summed E-state index contributed by atoms with van der Waals surface area (Å²) < 4.78 is 31.4. The number of carbonyl (C=O) groups excluding carboxylic acids is 1. The highest BCUT2D eigenvalue weighted by atomic mass is 32.2. The summed E-state index contributed by atoms with van der Waals surface area (Å²) in [6, 6.07) is 6.04. The normalized spacial score (nSPS) is 23.1. The minimum Gasteiger partial charge on any atom is -0.375 e. The summed E-state index contributed by atoms with van der Waals surface area (Å²) in [5.74, 6) is -0.175. The van der Waals surface area contributed by atoms with Gasteiger partial charge in [-0.1, -0.05) is 6.07 Å². The smallest absolute Gasteiger partial charge is 0.254 e. The third kappa shape index (κ3) is 3.42. The molecule has 0 aromatic heterocycles. The van der Waals surface area contributed by atoms with Gasteiger partial charge >= 0.3 is 0 Å². The highest BCUT2D eigenvalue weighted by Crippen LogP contribution is 2.18. The Kier molecular flexibility index (Phi) is 4.65. The Balaban J connectivity index is 2.29. The summed E-state index contributed by atoms with van der Waals surface area (Å²) in [4.78, 5) is 14.4. The van der Waals surface area contributed by atoms with Crippen LogP contribution in [-0.2, 0) is 14.8 Å². The maximum Gasteiger partial charge on any atom is 0.254 e. The zero-order valence-corrected chi connectivity index (χ0v) is 13.2. The van der Waals surface area contributed by atoms with Crippen LogP contribution in [-0.4, -0.2) is 51.6 Å². The largest absolute Gasteiger partial charge is 0.375 e. The van der Waals surface area contributed by atoms with E-state index in [4.69, 9.17) is 4.74 Å². The lowest BCUT2D eigenvalue weighted by Crippen LogP contribution is -2.50. The predicted molar refractivity (Wildman–Crippen MR) is 78.6 cm³/mol. The maximum atomic E-state index is 12.6. The van der Waals surface area contributed by atoms with Crippen molar-refractivity contribution < 1.29 is 17.9 Å². The van der Waals surface area contributed by atoms with Crippen molar-refractivity contribution in [3.05, 3.63) is 29.8 Å². The molecular formula is C14H20N2O4S. The molecule has 1 saturated heterocycles. The van der Waals surface area contributed by atoms with Gasteiger partial charge in [0, 0.05) is 12.1 Å². The Morgan fingerprint density at radius 3 is 2.76 bits per heavy atom. The Labute approximate surface area is 125 Å². The molecule has 2 rings (SSSR count). The van der Waals surface area contributed by atoms with Crippen LogP contribution in [0.3, 0.4) is 0 Å². The van der Waals surface area contributed by atoms with Crippen LogP contribution in [0.15, 0.2) is 29.2 Å². The fourth-order valence-corrected chi connectivity index (χ4v) is 3.04. The summed E-state index contributed by atoms with van der Waals surface area (Å²) in [7, 11) is -2.21. The van der Waals surface area contributed by atoms with Gasteiger partial charge in [0.25, 0.3) is 5.91 Å². The number of amides is 1. The van der Waals surface area contributed by atoms with Gasteiger partial charge in [0.1, 0.15) is 0 Å². The van der Waals surface area contributed by atoms with Crippen molar-refractivity contribution in [2.75, 3.05) is 20.2 Å². The van der Waals surface area contributed by atoms with E-state index in [1.54, 1.807) is 17.0 Å². The quantitative estimate of drug-likeness (QED) is 0.897. The summed E-state index contributed by atoms with van der Waals surface area (Å²) in [6.45, 7) is 4.82. The van der Waals surface area contributed by atoms with E-state index >= 15 is 0 Å². The molecule has 7 heteroatoms. The van der Waals surface area contributed by atoms with Crippen molar-refractivity contribution in [1.82, 2.24) is 9.62 Å². The highest BCUT2D eigenvalue weighted by Gasteiger charge is 2.28. The van der Waals surface area contributed by atoms with Crippen LogP contribution in [0, 0.1) is 0 Å². The van der Waals surface area contributed by atoms with Crippen LogP contribution in [0.4, 0.5) is 0 Å². The predicted octanol–water partition coefficient (Wildman–Crippen LogP) is 0.844. The zero-order valence-electron chi connectivity index (χ0n) is 12.4. The molecule has 21 heavy (non-hydrogen) atoms. The molecule has 1 fully saturated rings. The Morgan fingerprint density at radius 2 is 2.10 bits per heavy atom. The molecule has 1 N–H and O–H groups in total. The first-order chi connectivity index (χ1) is 9.85. The van der Waals surface area contributed by atoms with Crippen LogP contribution in [0.25, 0.3) is 0 Å². The van der Waals surface area contributed by atoms with Gasteiger partial charge in [-0.3, -0.25) is 4.79 Å². The monoisotopic (exact) mass is 312 g/mol. The van der Waals surface area contributed by atoms with Gasteiger partial charge in [-0.2, -0.15) is 0 Å². The Bertz CT molecular complexity index is 630. The topological polar surface area (TPSA) is 75.7 Å². The van der Waals surface area contributed by atoms with Crippen LogP contribution in [0.2, 0.25) is 0 Å². The molecule has 0 saturated carbocycles. The van der Waals surface area contributed by atoms with E-state index in [2.05, 4.69) is 4.72 Å². The third-order valence-corrected chi connectivity index (χ3v) is 4.94. The number of benzene rings is 1. The van der Waals surface area contributed by atoms with Gasteiger partial charge in [-0.15, -0.1) is 0 Å². The molecule has 1 aromatic carbocycles. The molecule has 1 aliphatic heterocycles. The van der Waals surface area contributed by atoms with E-state index in [9.17, 15) is 13.2 Å². The molecule has 2 atom stereocenters. The summed E-state index contributed by atoms with van der Waals surface area (Å²) in [5.41, 5.74) is 0.368. The van der Waals surface area contributed by atoms with Gasteiger partial charge in [0.2, 0.25) is 10.0 Å². The summed E-state index contributed by atoms with van der Waals surface area (Å²) >= 11 is 0. The lowest BCUT2D eigenvalue weighted by Gasteiger charge is -2.36. The molecule has 1 amide bonds. The molecule has 2 unspecified atom stereocenters. The minimum atomic E-state index is -3.55. The van der Waals surface area contributed by atoms with E-state index in [1.807, 2.05) is 13.8 Å². The number of ether oxygens (including phenoxy) is 1. The molecule has 6 nitrogen and oxygen atoms in total. The lowest BCUT2D eigenvalue weighted by atomic mass is 10.1. The molecular weight excluding hydrogens is 292 g/mol. The maximum absolute atomic E-state index is 12.6. The Morgan fingerprint density at radius 1 is 1.38 bits per heavy atom. The fraction of sp³-hybridized carbons (Fsp3) is 0.500. The number of nitrogens with zero attached hydrogens (tertiary/aromatic N) is 1. The lowest BCUT2D eigenvalue weighted by molar-refractivity contribution is -0.0387. The standard InChI is InChI=1S/C14H20N2O4S/c1-10-9-20-11(2)8-16(10)14(17)12-5-4-6-13(7-12)21(18,19)15-3/h4-7,10-11,15H,8-9H2,1-3H3. The van der Waals surface area contributed by atoms with E-state index < -0.39 is 10.0 Å². The van der Waals surface area contributed by atoms with E-state index in [0.717, 1.165) is 0 Å². The van der Waals surface area contributed by atoms with Gasteiger partial charge < -0.3 is 9.64 Å². The van der Waals surface area contributed by atoms with Crippen LogP contribution >= 0.6 is 0 Å². The molecule has 0 spiro atoms. The number of carbonyl (C=O) groups is 1. The number of hydrogen-bond acceptors (Lipinski definition) is 4. The van der Waals surface area contributed by atoms with E-state index in [1.165, 1.54) is 19.2 Å². The highest BCUT2D eigenvalue weighted by molar-refractivity contribution is 7.89. The molecule has 1 heterocycles. The molecule has 116 valence electrons. The summed E-state index contributed by atoms with van der Waals surface area (Å²) in [5, 5.41) is 0. The SMILES string of the molecule is CNS(=O)(=O)c1cccc(C(=O)N2CC(C)OCC2C)c1. The minimum absolute atomic E-state index is 0.0191. The second kappa shape index (κ2) is 6.13. The van der Waals surface area contributed by atoms with Crippen molar-refractivity contribution in [3.8, 4) is 0 Å². The van der Waals surface area contributed by atoms with Crippen molar-refractivity contribution in [2.24, 2.45) is 0 Å². The van der Waals surface area contributed by atoms with Gasteiger partial charge in [-0.05, 0) is 39.1 Å². The van der Waals surface area contributed by atoms with Crippen LogP contribution < -0.4 is 4.72 Å². The van der Waals surface area contributed by atoms with Gasteiger partial charge in [-0.25, -0.2) is 13.1 Å². The first-order valence-electron chi connectivity index (χ1n) is 6.81. The average Bonchev–Trinajstić information content (AvgIpc) is 2.49. The average molecular weight is 312 g/mol. The number of morpholine rings is 1. The molecule has 1 aliphatic rings. The van der Waals surface area contributed by atoms with E-state index in [-0.39, 0.29) is 22.9 Å². The van der Waals surface area contributed by atoms with Crippen molar-refractivity contribution >= 4 is 15.9 Å². The van der Waals surface area contributed by atoms with Gasteiger partial charge in [0.05, 0.1) is 23.6 Å². The molecule has 0 bridgehead atoms. The van der Waals surface area contributed by atoms with Crippen molar-refractivity contribution in [3.63, 3.8) is 0 Å². The van der Waals surface area contributed by atoms with Crippen molar-refractivity contribution in [1.29, 1.82) is 0 Å². The van der Waals surface area contributed by atoms with E-state index in [0.29, 0.717) is 18.7 Å². The van der Waals surface area contributed by atoms with Crippen LogP contribution in [0.1, 0.15) is 24.2 Å². The molecule has 1 aromatic rings. The first-order valence-corrected chi connectivity index (χ1v) is 8.29. The number of hydrogen-bond donors (Lipinski definition) is 1. The third-order valence-electron chi connectivity index (χ3n) is 3.53. The zero-order chi connectivity index (χ0) is 15.6. The number of rotatable bonds is 3. The molecule has 0 aliphatic carbocycles. The second-order valence-corrected chi connectivity index (χ2v) is 7.07. The van der Waals surface area contributed by atoms with Crippen LogP contribution in [0.5, 0.6) is 0 Å². The molecule has 0 radical (unpaired) electrons. The first kappa shape index (κ1) is 15.9.